The fourth-order valence-electron chi connectivity index (χ4n) is 3.64. The first-order valence-electron chi connectivity index (χ1n) is 10.9. The van der Waals surface area contributed by atoms with E-state index < -0.39 is 33.5 Å². The van der Waals surface area contributed by atoms with Crippen LogP contribution in [-0.2, 0) is 10.1 Å². The van der Waals surface area contributed by atoms with Crippen molar-refractivity contribution in [2.24, 2.45) is 0 Å². The minimum Gasteiger partial charge on any atom is -0.748 e. The first kappa shape index (κ1) is 28.2. The Morgan fingerprint density at radius 1 is 1.03 bits per heavy atom. The maximum Gasteiger partial charge on any atom is 0.270 e. The summed E-state index contributed by atoms with van der Waals surface area (Å²) in [6, 6.07) is 12.4. The third-order valence-corrected chi connectivity index (χ3v) is 6.18. The van der Waals surface area contributed by atoms with Gasteiger partial charge in [0.05, 0.1) is 52.0 Å². The van der Waals surface area contributed by atoms with Crippen molar-refractivity contribution >= 4 is 33.3 Å². The predicted molar refractivity (Wildman–Crippen MR) is 130 cm³/mol. The van der Waals surface area contributed by atoms with Gasteiger partial charge in [-0.05, 0) is 47.4 Å². The molecule has 0 radical (unpaired) electrons. The van der Waals surface area contributed by atoms with Crippen LogP contribution in [0.4, 0.5) is 5.69 Å². The number of hydrogen-bond acceptors (Lipinski definition) is 11. The molecule has 1 aliphatic rings. The van der Waals surface area contributed by atoms with Gasteiger partial charge < -0.3 is 34.0 Å². The number of carboxylic acid groups (broad SMARTS) is 2. The van der Waals surface area contributed by atoms with Crippen molar-refractivity contribution in [3.05, 3.63) is 99.9 Å². The van der Waals surface area contributed by atoms with E-state index in [0.717, 1.165) is 0 Å². The minimum absolute atomic E-state index is 0.0320. The van der Waals surface area contributed by atoms with Crippen LogP contribution >= 0.6 is 0 Å². The first-order chi connectivity index (χ1) is 18.5. The zero-order valence-corrected chi connectivity index (χ0v) is 20.6. The van der Waals surface area contributed by atoms with Gasteiger partial charge in [0.15, 0.2) is 5.75 Å². The first-order valence-corrected chi connectivity index (χ1v) is 12.5. The molecule has 1 aliphatic heterocycles. The van der Waals surface area contributed by atoms with Crippen LogP contribution in [0, 0.1) is 29.2 Å². The smallest absolute Gasteiger partial charge is 0.270 e. The highest BCUT2D eigenvalue weighted by Crippen LogP contribution is 2.40. The van der Waals surface area contributed by atoms with Gasteiger partial charge in [-0.2, -0.15) is 5.26 Å². The third kappa shape index (κ3) is 6.67. The van der Waals surface area contributed by atoms with Crippen molar-refractivity contribution < 1.29 is 37.5 Å². The number of anilines is 1. The highest BCUT2D eigenvalue weighted by Gasteiger charge is 2.26. The summed E-state index contributed by atoms with van der Waals surface area (Å²) in [5, 5.41) is 41.8. The van der Waals surface area contributed by atoms with E-state index in [1.165, 1.54) is 59.5 Å². The van der Waals surface area contributed by atoms with Crippen LogP contribution in [0.1, 0.15) is 32.7 Å². The number of carbonyl (C=O) groups excluding carboxylic acids is 2. The monoisotopic (exact) mass is 543 g/mol. The Morgan fingerprint density at radius 3 is 2.18 bits per heavy atom. The van der Waals surface area contributed by atoms with Gasteiger partial charge in [-0.3, -0.25) is 0 Å². The molecule has 0 aliphatic carbocycles. The largest absolute Gasteiger partial charge is 0.748 e. The molecular formula is C26H15N4O8S-3. The molecule has 196 valence electrons. The normalized spacial score (nSPS) is 14.4. The molecule has 0 spiro atoms. The van der Waals surface area contributed by atoms with Crippen molar-refractivity contribution in [2.45, 2.75) is 6.42 Å². The number of hydrogen-bond donors (Lipinski definition) is 0. The Labute approximate surface area is 222 Å². The molecule has 0 saturated carbocycles. The van der Waals surface area contributed by atoms with Crippen molar-refractivity contribution in [1.82, 2.24) is 0 Å². The second kappa shape index (κ2) is 11.8. The van der Waals surface area contributed by atoms with Crippen LogP contribution in [0.25, 0.3) is 10.4 Å². The molecule has 0 amide bonds. The van der Waals surface area contributed by atoms with Crippen molar-refractivity contribution in [1.29, 1.82) is 10.5 Å². The number of fused-ring (bicyclic) bond motifs is 1. The standard InChI is InChI=1S/C26H18N4O8S/c1-29-20(15-28)24(16-3-5-17(6-4-16)25(31)32)19(14-27)8-10-23-30(11-2-12-39(35,36)37)21-13-18(26(33)34)7-9-22(21)38-23/h3-10,13H,2,11-12H2,(H,31,32)(H,33,34)(H,35,36,37)/p-3/b19-8+,23-10-,24-20+. The number of allylic oxidation sites excluding steroid dienone is 5. The van der Waals surface area contributed by atoms with Crippen molar-refractivity contribution in [2.75, 3.05) is 17.2 Å². The number of benzene rings is 2. The number of ether oxygens (including phenoxy) is 1. The molecular weight excluding hydrogens is 528 g/mol. The molecule has 0 fully saturated rings. The second-order valence-electron chi connectivity index (χ2n) is 7.85. The number of carbonyl (C=O) groups is 2. The number of carboxylic acids is 2. The zero-order chi connectivity index (χ0) is 28.7. The topological polar surface area (TPSA) is 202 Å². The fourth-order valence-corrected chi connectivity index (χ4v) is 4.13. The molecule has 0 bridgehead atoms. The van der Waals surface area contributed by atoms with E-state index in [2.05, 4.69) is 4.85 Å². The quantitative estimate of drug-likeness (QED) is 0.186. The van der Waals surface area contributed by atoms with Crippen LogP contribution in [0.15, 0.2) is 71.8 Å². The van der Waals surface area contributed by atoms with Gasteiger partial charge in [0.2, 0.25) is 5.88 Å². The molecule has 12 nitrogen and oxygen atoms in total. The Kier molecular flexibility index (Phi) is 8.48. The molecule has 0 atom stereocenters. The molecule has 0 aromatic heterocycles. The molecule has 3 rings (SSSR count). The summed E-state index contributed by atoms with van der Waals surface area (Å²) in [4.78, 5) is 27.0. The number of rotatable bonds is 9. The van der Waals surface area contributed by atoms with E-state index in [1.807, 2.05) is 6.07 Å². The summed E-state index contributed by atoms with van der Waals surface area (Å²) in [6.07, 6.45) is 2.38. The van der Waals surface area contributed by atoms with Gasteiger partial charge in [-0.1, -0.05) is 24.3 Å². The highest BCUT2D eigenvalue weighted by atomic mass is 32.2. The van der Waals surface area contributed by atoms with Gasteiger partial charge in [-0.25, -0.2) is 18.5 Å². The van der Waals surface area contributed by atoms with E-state index in [-0.39, 0.29) is 58.1 Å². The van der Waals surface area contributed by atoms with Crippen LogP contribution in [0.5, 0.6) is 5.75 Å². The summed E-state index contributed by atoms with van der Waals surface area (Å²) in [5.41, 5.74) is -0.615. The Hall–Kier alpha value is -5.42. The highest BCUT2D eigenvalue weighted by molar-refractivity contribution is 7.85. The SMILES string of the molecule is [C-]#[N+]/C(C#N)=C(/C(C#N)=C/C=C1\Oc2ccc(C(=O)[O-])cc2N1CCCS(=O)(=O)[O-])c1ccc(C(=O)[O-])cc1. The van der Waals surface area contributed by atoms with E-state index >= 15 is 0 Å². The van der Waals surface area contributed by atoms with E-state index in [1.54, 1.807) is 6.07 Å². The van der Waals surface area contributed by atoms with Crippen LogP contribution in [-0.4, -0.2) is 37.2 Å². The summed E-state index contributed by atoms with van der Waals surface area (Å²) in [7, 11) is -4.53. The lowest BCUT2D eigenvalue weighted by molar-refractivity contribution is -0.256. The Morgan fingerprint density at radius 2 is 1.64 bits per heavy atom. The van der Waals surface area contributed by atoms with Crippen LogP contribution in [0.3, 0.4) is 0 Å². The molecule has 1 heterocycles. The van der Waals surface area contributed by atoms with Gasteiger partial charge >= 0.3 is 0 Å². The molecule has 0 N–H and O–H groups in total. The van der Waals surface area contributed by atoms with Crippen LogP contribution in [0.2, 0.25) is 0 Å². The van der Waals surface area contributed by atoms with Gasteiger partial charge in [0, 0.05) is 23.9 Å². The van der Waals surface area contributed by atoms with Crippen LogP contribution < -0.4 is 19.8 Å². The zero-order valence-electron chi connectivity index (χ0n) is 19.8. The average Bonchev–Trinajstić information content (AvgIpc) is 3.24. The third-order valence-electron chi connectivity index (χ3n) is 5.39. The van der Waals surface area contributed by atoms with Gasteiger partial charge in [-0.15, -0.1) is 0 Å². The maximum absolute atomic E-state index is 11.3. The fraction of sp³-hybridized carbons (Fsp3) is 0.115. The van der Waals surface area contributed by atoms with Gasteiger partial charge in [0.1, 0.15) is 0 Å². The number of aromatic carboxylic acids is 2. The molecule has 13 heteroatoms. The summed E-state index contributed by atoms with van der Waals surface area (Å²) >= 11 is 0. The Bertz CT molecular complexity index is 1650. The predicted octanol–water partition coefficient (Wildman–Crippen LogP) is 0.693. The second-order valence-corrected chi connectivity index (χ2v) is 9.37. The maximum atomic E-state index is 11.3. The lowest BCUT2D eigenvalue weighted by Crippen LogP contribution is -2.25. The van der Waals surface area contributed by atoms with E-state index in [0.29, 0.717) is 0 Å². The number of nitriles is 2. The summed E-state index contributed by atoms with van der Waals surface area (Å²) < 4.78 is 39.0. The Balaban J connectivity index is 2.09. The van der Waals surface area contributed by atoms with E-state index in [9.17, 15) is 43.3 Å². The molecule has 2 aromatic carbocycles. The summed E-state index contributed by atoms with van der Waals surface area (Å²) in [5.74, 6) is -3.37. The van der Waals surface area contributed by atoms with Gasteiger partial charge in [0.25, 0.3) is 5.70 Å². The molecule has 0 unspecified atom stereocenters. The average molecular weight is 543 g/mol. The van der Waals surface area contributed by atoms with Crippen molar-refractivity contribution in [3.8, 4) is 17.9 Å². The molecule has 39 heavy (non-hydrogen) atoms. The van der Waals surface area contributed by atoms with E-state index in [4.69, 9.17) is 11.3 Å². The molecule has 2 aromatic rings. The molecule has 0 saturated heterocycles. The minimum atomic E-state index is -4.53. The summed E-state index contributed by atoms with van der Waals surface area (Å²) in [6.45, 7) is 7.27. The lowest BCUT2D eigenvalue weighted by Gasteiger charge is -2.19. The van der Waals surface area contributed by atoms with Crippen molar-refractivity contribution in [3.63, 3.8) is 0 Å². The number of nitrogens with zero attached hydrogens (tertiary/aromatic N) is 4. The lowest BCUT2D eigenvalue weighted by atomic mass is 9.95.